The number of pyridine rings is 2. The average Bonchev–Trinajstić information content (AvgIpc) is 3.14. The Labute approximate surface area is 175 Å². The van der Waals surface area contributed by atoms with Gasteiger partial charge in [0.25, 0.3) is 0 Å². The van der Waals surface area contributed by atoms with Crippen LogP contribution in [0.15, 0.2) is 41.0 Å². The topological polar surface area (TPSA) is 92.7 Å². The molecule has 1 N–H and O–H groups in total. The van der Waals surface area contributed by atoms with Crippen molar-refractivity contribution < 1.29 is 13.7 Å². The summed E-state index contributed by atoms with van der Waals surface area (Å²) in [7, 11) is -2.44. The maximum atomic E-state index is 13.2. The van der Waals surface area contributed by atoms with Crippen LogP contribution in [0.1, 0.15) is 6.92 Å². The maximum Gasteiger partial charge on any atom is 0.164 e. The first-order valence-electron chi connectivity index (χ1n) is 10.1. The normalized spacial score (nSPS) is 21.9. The van der Waals surface area contributed by atoms with E-state index < -0.39 is 9.73 Å². The summed E-state index contributed by atoms with van der Waals surface area (Å²) in [5.41, 5.74) is 3.57. The molecule has 0 aromatic carbocycles. The summed E-state index contributed by atoms with van der Waals surface area (Å²) in [5, 5.41) is 0.943. The molecule has 0 bridgehead atoms. The fraction of sp³-hybridized carbons (Fsp3) is 0.429. The molecule has 30 heavy (non-hydrogen) atoms. The number of hydrogen-bond acceptors (Lipinski definition) is 7. The lowest BCUT2D eigenvalue weighted by Gasteiger charge is -2.35. The molecule has 3 aromatic heterocycles. The van der Waals surface area contributed by atoms with E-state index in [9.17, 15) is 4.21 Å². The van der Waals surface area contributed by atoms with Gasteiger partial charge in [-0.3, -0.25) is 0 Å². The Hall–Kier alpha value is -2.49. The highest BCUT2D eigenvalue weighted by atomic mass is 32.2. The highest BCUT2D eigenvalue weighted by molar-refractivity contribution is 7.93. The number of morpholine rings is 1. The number of ether oxygens (including phenoxy) is 2. The van der Waals surface area contributed by atoms with Crippen molar-refractivity contribution in [3.05, 3.63) is 36.7 Å². The molecule has 2 unspecified atom stereocenters. The second-order valence-electron chi connectivity index (χ2n) is 7.90. The van der Waals surface area contributed by atoms with Crippen LogP contribution in [-0.2, 0) is 19.2 Å². The first-order chi connectivity index (χ1) is 14.5. The highest BCUT2D eigenvalue weighted by Crippen LogP contribution is 2.33. The number of anilines is 1. The largest absolute Gasteiger partial charge is 0.379 e. The predicted octanol–water partition coefficient (Wildman–Crippen LogP) is 2.98. The summed E-state index contributed by atoms with van der Waals surface area (Å²) in [6.07, 6.45) is 5.34. The van der Waals surface area contributed by atoms with Crippen LogP contribution in [0.2, 0.25) is 0 Å². The molecule has 0 radical (unpaired) electrons. The third-order valence-electron chi connectivity index (χ3n) is 5.73. The van der Waals surface area contributed by atoms with Crippen molar-refractivity contribution in [2.75, 3.05) is 44.1 Å². The van der Waals surface area contributed by atoms with E-state index in [1.165, 1.54) is 0 Å². The molecule has 0 saturated carbocycles. The van der Waals surface area contributed by atoms with Gasteiger partial charge in [0.15, 0.2) is 5.82 Å². The first-order valence-corrected chi connectivity index (χ1v) is 12.1. The quantitative estimate of drug-likeness (QED) is 0.688. The van der Waals surface area contributed by atoms with Crippen molar-refractivity contribution in [3.63, 3.8) is 0 Å². The lowest BCUT2D eigenvalue weighted by atomic mass is 10.1. The van der Waals surface area contributed by atoms with E-state index in [0.717, 1.165) is 34.5 Å². The molecule has 2 fully saturated rings. The van der Waals surface area contributed by atoms with Gasteiger partial charge in [-0.1, -0.05) is 0 Å². The number of rotatable bonds is 4. The molecule has 8 nitrogen and oxygen atoms in total. The summed E-state index contributed by atoms with van der Waals surface area (Å²) in [6.45, 7) is 5.25. The van der Waals surface area contributed by atoms with E-state index in [4.69, 9.17) is 14.5 Å². The molecule has 2 atom stereocenters. The van der Waals surface area contributed by atoms with Gasteiger partial charge >= 0.3 is 0 Å². The third kappa shape index (κ3) is 3.57. The lowest BCUT2D eigenvalue weighted by Crippen LogP contribution is -2.43. The van der Waals surface area contributed by atoms with Gasteiger partial charge in [0.2, 0.25) is 0 Å². The van der Waals surface area contributed by atoms with E-state index in [1.807, 2.05) is 24.4 Å². The van der Waals surface area contributed by atoms with Crippen molar-refractivity contribution in [1.29, 1.82) is 0 Å². The number of nitrogens with zero attached hydrogens (tertiary/aromatic N) is 4. The third-order valence-corrected chi connectivity index (χ3v) is 7.79. The molecule has 5 rings (SSSR count). The minimum Gasteiger partial charge on any atom is -0.379 e. The molecule has 0 aliphatic carbocycles. The van der Waals surface area contributed by atoms with Crippen molar-refractivity contribution in [2.24, 2.45) is 4.36 Å². The monoisotopic (exact) mass is 427 g/mol. The van der Waals surface area contributed by atoms with Gasteiger partial charge in [0, 0.05) is 53.9 Å². The number of hydrogen-bond donors (Lipinski definition) is 1. The van der Waals surface area contributed by atoms with E-state index in [0.29, 0.717) is 32.2 Å². The minimum atomic E-state index is -2.44. The Kier molecular flexibility index (Phi) is 4.96. The number of nitrogens with one attached hydrogen (secondary N) is 1. The zero-order valence-electron chi connectivity index (χ0n) is 17.1. The van der Waals surface area contributed by atoms with Crippen LogP contribution in [0, 0.1) is 0 Å². The van der Waals surface area contributed by atoms with Crippen LogP contribution in [-0.4, -0.2) is 69.7 Å². The molecule has 0 amide bonds. The van der Waals surface area contributed by atoms with E-state index >= 15 is 0 Å². The molecular weight excluding hydrogens is 402 g/mol. The Balaban J connectivity index is 1.66. The second kappa shape index (κ2) is 7.64. The summed E-state index contributed by atoms with van der Waals surface area (Å²) in [4.78, 5) is 14.6. The fourth-order valence-electron chi connectivity index (χ4n) is 3.87. The van der Waals surface area contributed by atoms with Gasteiger partial charge in [-0.25, -0.2) is 14.2 Å². The minimum absolute atomic E-state index is 0.0500. The fourth-order valence-corrected chi connectivity index (χ4v) is 5.19. The van der Waals surface area contributed by atoms with Gasteiger partial charge in [-0.2, -0.15) is 4.36 Å². The van der Waals surface area contributed by atoms with Gasteiger partial charge in [0.05, 0.1) is 47.1 Å². The SMILES string of the molecule is CC1COCCN1c1cc(N=S(C)(=O)C2COC2)nc(-c2ccnc3[nH]ccc23)c1. The molecule has 2 aliphatic rings. The van der Waals surface area contributed by atoms with Crippen LogP contribution < -0.4 is 4.90 Å². The summed E-state index contributed by atoms with van der Waals surface area (Å²) < 4.78 is 28.6. The molecule has 158 valence electrons. The molecule has 9 heteroatoms. The summed E-state index contributed by atoms with van der Waals surface area (Å²) >= 11 is 0. The Morgan fingerprint density at radius 3 is 2.87 bits per heavy atom. The number of fused-ring (bicyclic) bond motifs is 1. The Bertz CT molecular complexity index is 1200. The van der Waals surface area contributed by atoms with Crippen LogP contribution in [0.25, 0.3) is 22.3 Å². The second-order valence-corrected chi connectivity index (χ2v) is 10.5. The van der Waals surface area contributed by atoms with Gasteiger partial charge in [-0.05, 0) is 25.1 Å². The molecule has 3 aromatic rings. The van der Waals surface area contributed by atoms with Crippen molar-refractivity contribution >= 4 is 32.3 Å². The zero-order chi connectivity index (χ0) is 20.7. The van der Waals surface area contributed by atoms with Crippen molar-refractivity contribution in [3.8, 4) is 11.3 Å². The highest BCUT2D eigenvalue weighted by Gasteiger charge is 2.28. The summed E-state index contributed by atoms with van der Waals surface area (Å²) in [5.74, 6) is 0.487. The average molecular weight is 428 g/mol. The molecule has 5 heterocycles. The smallest absolute Gasteiger partial charge is 0.164 e. The van der Waals surface area contributed by atoms with Crippen molar-refractivity contribution in [1.82, 2.24) is 15.0 Å². The van der Waals surface area contributed by atoms with Crippen LogP contribution in [0.5, 0.6) is 0 Å². The van der Waals surface area contributed by atoms with E-state index in [2.05, 4.69) is 32.2 Å². The number of aromatic amines is 1. The molecule has 2 aliphatic heterocycles. The number of H-pyrrole nitrogens is 1. The molecule has 2 saturated heterocycles. The molecular formula is C21H25N5O3S. The van der Waals surface area contributed by atoms with E-state index in [1.54, 1.807) is 12.5 Å². The van der Waals surface area contributed by atoms with Gasteiger partial charge in [0.1, 0.15) is 5.65 Å². The van der Waals surface area contributed by atoms with Crippen LogP contribution >= 0.6 is 0 Å². The zero-order valence-corrected chi connectivity index (χ0v) is 17.9. The van der Waals surface area contributed by atoms with Gasteiger partial charge < -0.3 is 19.4 Å². The Morgan fingerprint density at radius 2 is 2.10 bits per heavy atom. The number of aromatic nitrogens is 3. The maximum absolute atomic E-state index is 13.2. The first kappa shape index (κ1) is 19.5. The van der Waals surface area contributed by atoms with Crippen LogP contribution in [0.3, 0.4) is 0 Å². The van der Waals surface area contributed by atoms with Crippen LogP contribution in [0.4, 0.5) is 11.5 Å². The Morgan fingerprint density at radius 1 is 1.23 bits per heavy atom. The lowest BCUT2D eigenvalue weighted by molar-refractivity contribution is 0.0431. The van der Waals surface area contributed by atoms with Crippen molar-refractivity contribution in [2.45, 2.75) is 18.2 Å². The molecule has 0 spiro atoms. The van der Waals surface area contributed by atoms with E-state index in [-0.39, 0.29) is 11.3 Å². The van der Waals surface area contributed by atoms with Gasteiger partial charge in [-0.15, -0.1) is 0 Å². The summed E-state index contributed by atoms with van der Waals surface area (Å²) in [6, 6.07) is 8.19. The standard InChI is InChI=1S/C21H25N5O3S/c1-14-11-28-8-7-26(14)15-9-19(17-3-5-22-21-18(17)4-6-23-21)24-20(10-15)25-30(2,27)16-12-29-13-16/h3-6,9-10,14,16H,7-8,11-13H2,1-2H3,(H,22,23). The predicted molar refractivity (Wildman–Crippen MR) is 118 cm³/mol.